The van der Waals surface area contributed by atoms with Crippen LogP contribution in [0.5, 0.6) is 0 Å². The average molecular weight is 425 g/mol. The number of carbonyl (C=O) groups excluding carboxylic acids is 2. The fourth-order valence-corrected chi connectivity index (χ4v) is 4.28. The van der Waals surface area contributed by atoms with Crippen molar-refractivity contribution in [2.75, 3.05) is 39.8 Å². The Morgan fingerprint density at radius 3 is 2.70 bits per heavy atom. The Morgan fingerprint density at radius 1 is 1.30 bits per heavy atom. The van der Waals surface area contributed by atoms with Crippen LogP contribution >= 0.6 is 35.6 Å². The molecule has 9 heteroatoms. The van der Waals surface area contributed by atoms with Crippen LogP contribution in [0.2, 0.25) is 5.02 Å². The lowest BCUT2D eigenvalue weighted by Crippen LogP contribution is -2.52. The molecule has 2 saturated heterocycles. The first kappa shape index (κ1) is 20.3. The summed E-state index contributed by atoms with van der Waals surface area (Å²) in [5.74, 6) is -0.291. The molecule has 144 valence electrons. The highest BCUT2D eigenvalue weighted by Gasteiger charge is 2.32. The number of piperazine rings is 1. The lowest BCUT2D eigenvalue weighted by molar-refractivity contribution is -0.127. The van der Waals surface area contributed by atoms with Crippen molar-refractivity contribution in [3.63, 3.8) is 0 Å². The van der Waals surface area contributed by atoms with E-state index in [1.807, 2.05) is 23.2 Å². The number of benzene rings is 1. The second-order valence-electron chi connectivity index (χ2n) is 6.43. The third-order valence-electron chi connectivity index (χ3n) is 4.41. The van der Waals surface area contributed by atoms with E-state index in [1.54, 1.807) is 12.1 Å². The van der Waals surface area contributed by atoms with Gasteiger partial charge in [-0.15, -0.1) is 0 Å². The van der Waals surface area contributed by atoms with Crippen molar-refractivity contribution < 1.29 is 9.59 Å². The van der Waals surface area contributed by atoms with Gasteiger partial charge in [0.2, 0.25) is 5.91 Å². The van der Waals surface area contributed by atoms with E-state index < -0.39 is 0 Å². The summed E-state index contributed by atoms with van der Waals surface area (Å²) < 4.78 is 0.464. The lowest BCUT2D eigenvalue weighted by atomic mass is 10.2. The van der Waals surface area contributed by atoms with Crippen LogP contribution in [-0.4, -0.2) is 70.7 Å². The van der Waals surface area contributed by atoms with Gasteiger partial charge in [0.05, 0.1) is 4.91 Å². The molecule has 3 rings (SSSR count). The third kappa shape index (κ3) is 5.30. The smallest absolute Gasteiger partial charge is 0.266 e. The number of carbonyl (C=O) groups is 2. The van der Waals surface area contributed by atoms with Crippen LogP contribution < -0.4 is 5.43 Å². The van der Waals surface area contributed by atoms with Crippen LogP contribution in [0.3, 0.4) is 0 Å². The van der Waals surface area contributed by atoms with Crippen molar-refractivity contribution in [3.8, 4) is 0 Å². The van der Waals surface area contributed by atoms with Crippen LogP contribution in [-0.2, 0) is 9.59 Å². The molecule has 0 aliphatic carbocycles. The van der Waals surface area contributed by atoms with Crippen molar-refractivity contribution in [1.29, 1.82) is 0 Å². The standard InChI is InChI=1S/C18H21ClN4O2S2/c1-21-8-10-22(11-9-21)20-16(24)6-7-23-17(25)15(27-18(23)26)12-13-4-2-3-5-14(13)19/h2-5,12H,6-11H2,1H3,(H,20,24). The molecule has 1 aromatic rings. The Hall–Kier alpha value is -1.45. The number of thiocarbonyl (C=S) groups is 1. The van der Waals surface area contributed by atoms with E-state index in [-0.39, 0.29) is 24.8 Å². The molecule has 27 heavy (non-hydrogen) atoms. The van der Waals surface area contributed by atoms with Gasteiger partial charge in [0.25, 0.3) is 5.91 Å². The van der Waals surface area contributed by atoms with E-state index in [1.165, 1.54) is 16.7 Å². The predicted octanol–water partition coefficient (Wildman–Crippen LogP) is 2.21. The molecule has 1 aromatic carbocycles. The number of hydrazine groups is 1. The topological polar surface area (TPSA) is 55.9 Å². The monoisotopic (exact) mass is 424 g/mol. The number of halogens is 1. The number of thioether (sulfide) groups is 1. The molecule has 0 aromatic heterocycles. The average Bonchev–Trinajstić information content (AvgIpc) is 2.90. The number of hydrogen-bond donors (Lipinski definition) is 1. The summed E-state index contributed by atoms with van der Waals surface area (Å²) in [6, 6.07) is 7.32. The van der Waals surface area contributed by atoms with Gasteiger partial charge in [0, 0.05) is 44.2 Å². The molecule has 2 aliphatic rings. The van der Waals surface area contributed by atoms with Gasteiger partial charge in [-0.25, -0.2) is 5.01 Å². The lowest BCUT2D eigenvalue weighted by Gasteiger charge is -2.32. The van der Waals surface area contributed by atoms with E-state index in [0.29, 0.717) is 14.2 Å². The quantitative estimate of drug-likeness (QED) is 0.577. The summed E-state index contributed by atoms with van der Waals surface area (Å²) in [4.78, 5) is 29.0. The summed E-state index contributed by atoms with van der Waals surface area (Å²) in [7, 11) is 2.06. The number of nitrogens with zero attached hydrogens (tertiary/aromatic N) is 3. The van der Waals surface area contributed by atoms with Gasteiger partial charge >= 0.3 is 0 Å². The molecule has 6 nitrogen and oxygen atoms in total. The minimum atomic E-state index is -0.183. The normalized spacial score (nSPS) is 20.5. The summed E-state index contributed by atoms with van der Waals surface area (Å²) in [6.45, 7) is 3.70. The summed E-state index contributed by atoms with van der Waals surface area (Å²) >= 11 is 12.7. The van der Waals surface area contributed by atoms with Gasteiger partial charge in [-0.05, 0) is 24.8 Å². The van der Waals surface area contributed by atoms with Crippen molar-refractivity contribution in [2.45, 2.75) is 6.42 Å². The van der Waals surface area contributed by atoms with Crippen molar-refractivity contribution in [3.05, 3.63) is 39.8 Å². The molecular formula is C18H21ClN4O2S2. The number of hydrogen-bond acceptors (Lipinski definition) is 6. The van der Waals surface area contributed by atoms with Crippen LogP contribution in [0.4, 0.5) is 0 Å². The van der Waals surface area contributed by atoms with Crippen LogP contribution in [0, 0.1) is 0 Å². The summed E-state index contributed by atoms with van der Waals surface area (Å²) in [6.07, 6.45) is 1.95. The van der Waals surface area contributed by atoms with Crippen molar-refractivity contribution in [2.24, 2.45) is 0 Å². The van der Waals surface area contributed by atoms with Crippen molar-refractivity contribution >= 4 is 57.8 Å². The Kier molecular flexibility index (Phi) is 6.88. The van der Waals surface area contributed by atoms with Crippen molar-refractivity contribution in [1.82, 2.24) is 20.2 Å². The maximum Gasteiger partial charge on any atom is 0.266 e. The highest BCUT2D eigenvalue weighted by Crippen LogP contribution is 2.33. The zero-order valence-corrected chi connectivity index (χ0v) is 17.4. The molecule has 0 saturated carbocycles. The largest absolute Gasteiger partial charge is 0.304 e. The molecule has 0 bridgehead atoms. The van der Waals surface area contributed by atoms with E-state index in [0.717, 1.165) is 31.7 Å². The number of rotatable bonds is 5. The van der Waals surface area contributed by atoms with Gasteiger partial charge in [-0.3, -0.25) is 19.9 Å². The summed E-state index contributed by atoms with van der Waals surface area (Å²) in [5.41, 5.74) is 3.67. The first-order chi connectivity index (χ1) is 12.9. The van der Waals surface area contributed by atoms with E-state index in [4.69, 9.17) is 23.8 Å². The SMILES string of the molecule is CN1CCN(NC(=O)CCN2C(=O)C(=Cc3ccccc3Cl)SC2=S)CC1. The molecule has 0 unspecified atom stereocenters. The highest BCUT2D eigenvalue weighted by atomic mass is 35.5. The fraction of sp³-hybridized carbons (Fsp3) is 0.389. The van der Waals surface area contributed by atoms with Crippen LogP contribution in [0.15, 0.2) is 29.2 Å². The molecule has 0 spiro atoms. The zero-order chi connectivity index (χ0) is 19.4. The molecule has 0 atom stereocenters. The molecule has 2 fully saturated rings. The molecule has 2 aliphatic heterocycles. The van der Waals surface area contributed by atoms with E-state index in [9.17, 15) is 9.59 Å². The predicted molar refractivity (Wildman–Crippen MR) is 113 cm³/mol. The van der Waals surface area contributed by atoms with Crippen LogP contribution in [0.25, 0.3) is 6.08 Å². The fourth-order valence-electron chi connectivity index (χ4n) is 2.79. The zero-order valence-electron chi connectivity index (χ0n) is 15.0. The molecular weight excluding hydrogens is 404 g/mol. The Morgan fingerprint density at radius 2 is 2.00 bits per heavy atom. The highest BCUT2D eigenvalue weighted by molar-refractivity contribution is 8.26. The first-order valence-electron chi connectivity index (χ1n) is 8.67. The first-order valence-corrected chi connectivity index (χ1v) is 10.3. The third-order valence-corrected chi connectivity index (χ3v) is 6.14. The minimum absolute atomic E-state index is 0.108. The van der Waals surface area contributed by atoms with Gasteiger partial charge in [-0.1, -0.05) is 53.8 Å². The maximum absolute atomic E-state index is 12.6. The Bertz CT molecular complexity index is 778. The molecule has 0 radical (unpaired) electrons. The Balaban J connectivity index is 1.55. The van der Waals surface area contributed by atoms with Crippen LogP contribution in [0.1, 0.15) is 12.0 Å². The number of amides is 2. The summed E-state index contributed by atoms with van der Waals surface area (Å²) in [5, 5.41) is 2.50. The molecule has 2 heterocycles. The van der Waals surface area contributed by atoms with Gasteiger partial charge in [-0.2, -0.15) is 0 Å². The number of likely N-dealkylation sites (N-methyl/N-ethyl adjacent to an activating group) is 1. The minimum Gasteiger partial charge on any atom is -0.304 e. The van der Waals surface area contributed by atoms with Gasteiger partial charge in [0.1, 0.15) is 4.32 Å². The van der Waals surface area contributed by atoms with Gasteiger partial charge in [0.15, 0.2) is 0 Å². The second-order valence-corrected chi connectivity index (χ2v) is 8.51. The van der Waals surface area contributed by atoms with E-state index in [2.05, 4.69) is 17.4 Å². The number of nitrogens with one attached hydrogen (secondary N) is 1. The Labute approximate surface area is 173 Å². The van der Waals surface area contributed by atoms with E-state index >= 15 is 0 Å². The second kappa shape index (κ2) is 9.16. The molecule has 2 amide bonds. The van der Waals surface area contributed by atoms with Gasteiger partial charge < -0.3 is 4.90 Å². The molecule has 1 N–H and O–H groups in total. The maximum atomic E-state index is 12.6.